The van der Waals surface area contributed by atoms with Gasteiger partial charge in [-0.1, -0.05) is 23.4 Å². The van der Waals surface area contributed by atoms with E-state index in [1.165, 1.54) is 6.07 Å². The molecule has 0 spiro atoms. The van der Waals surface area contributed by atoms with E-state index >= 15 is 0 Å². The maximum absolute atomic E-state index is 13.4. The van der Waals surface area contributed by atoms with E-state index in [1.807, 2.05) is 30.3 Å². The van der Waals surface area contributed by atoms with Crippen LogP contribution in [0.2, 0.25) is 5.02 Å². The van der Waals surface area contributed by atoms with Gasteiger partial charge in [0, 0.05) is 35.0 Å². The molecule has 0 aliphatic heterocycles. The van der Waals surface area contributed by atoms with Gasteiger partial charge in [-0.2, -0.15) is 0 Å². The third-order valence-corrected chi connectivity index (χ3v) is 4.24. The fourth-order valence-electron chi connectivity index (χ4n) is 1.81. The molecule has 0 aliphatic rings. The number of rotatable bonds is 7. The highest BCUT2D eigenvalue weighted by Gasteiger charge is 2.06. The quantitative estimate of drug-likeness (QED) is 0.764. The van der Waals surface area contributed by atoms with Gasteiger partial charge in [0.15, 0.2) is 0 Å². The van der Waals surface area contributed by atoms with E-state index in [1.54, 1.807) is 24.9 Å². The molecular weight excluding hydrogens is 309 g/mol. The molecule has 21 heavy (non-hydrogen) atoms. The number of halogens is 2. The van der Waals surface area contributed by atoms with E-state index in [-0.39, 0.29) is 5.82 Å². The van der Waals surface area contributed by atoms with Crippen LogP contribution >= 0.6 is 23.4 Å². The Labute approximate surface area is 133 Å². The van der Waals surface area contributed by atoms with Crippen molar-refractivity contribution in [1.82, 2.24) is 5.32 Å². The molecule has 0 atom stereocenters. The second kappa shape index (κ2) is 8.39. The summed E-state index contributed by atoms with van der Waals surface area (Å²) in [5, 5.41) is 3.95. The molecule has 2 aromatic carbocycles. The summed E-state index contributed by atoms with van der Waals surface area (Å²) in [6, 6.07) is 12.5. The van der Waals surface area contributed by atoms with Gasteiger partial charge < -0.3 is 10.1 Å². The highest BCUT2D eigenvalue weighted by atomic mass is 35.5. The largest absolute Gasteiger partial charge is 0.383 e. The Hall–Kier alpha value is -1.07. The maximum atomic E-state index is 13.4. The molecule has 0 aliphatic carbocycles. The normalized spacial score (nSPS) is 10.8. The standard InChI is InChI=1S/C16H17ClFNOS/c1-20-9-8-19-11-12-10-14(18)4-7-16(12)21-15-5-2-13(17)3-6-15/h2-7,10,19H,8-9,11H2,1H3. The van der Waals surface area contributed by atoms with Gasteiger partial charge in [-0.05, 0) is 48.0 Å². The van der Waals surface area contributed by atoms with Gasteiger partial charge in [0.1, 0.15) is 5.82 Å². The highest BCUT2D eigenvalue weighted by molar-refractivity contribution is 7.99. The van der Waals surface area contributed by atoms with Crippen LogP contribution in [0, 0.1) is 5.82 Å². The lowest BCUT2D eigenvalue weighted by Gasteiger charge is -2.11. The van der Waals surface area contributed by atoms with Crippen LogP contribution in [0.4, 0.5) is 4.39 Å². The van der Waals surface area contributed by atoms with Crippen molar-refractivity contribution < 1.29 is 9.13 Å². The molecule has 0 aromatic heterocycles. The lowest BCUT2D eigenvalue weighted by Crippen LogP contribution is -2.19. The van der Waals surface area contributed by atoms with Crippen molar-refractivity contribution in [3.63, 3.8) is 0 Å². The Morgan fingerprint density at radius 3 is 2.67 bits per heavy atom. The minimum Gasteiger partial charge on any atom is -0.383 e. The van der Waals surface area contributed by atoms with Crippen molar-refractivity contribution in [2.24, 2.45) is 0 Å². The van der Waals surface area contributed by atoms with E-state index in [2.05, 4.69) is 5.32 Å². The molecule has 0 radical (unpaired) electrons. The van der Waals surface area contributed by atoms with Gasteiger partial charge in [-0.15, -0.1) is 0 Å². The van der Waals surface area contributed by atoms with E-state index in [9.17, 15) is 4.39 Å². The number of nitrogens with one attached hydrogen (secondary N) is 1. The third kappa shape index (κ3) is 5.32. The molecule has 0 unspecified atom stereocenters. The minimum atomic E-state index is -0.223. The van der Waals surface area contributed by atoms with Crippen molar-refractivity contribution in [2.75, 3.05) is 20.3 Å². The molecule has 5 heteroatoms. The molecule has 1 N–H and O–H groups in total. The molecular formula is C16H17ClFNOS. The smallest absolute Gasteiger partial charge is 0.123 e. The van der Waals surface area contributed by atoms with Gasteiger partial charge in [-0.3, -0.25) is 0 Å². The Kier molecular flexibility index (Phi) is 6.51. The first-order chi connectivity index (χ1) is 10.2. The zero-order valence-electron chi connectivity index (χ0n) is 11.7. The predicted molar refractivity (Wildman–Crippen MR) is 85.6 cm³/mol. The van der Waals surface area contributed by atoms with E-state index in [4.69, 9.17) is 16.3 Å². The molecule has 0 heterocycles. The summed E-state index contributed by atoms with van der Waals surface area (Å²) in [6.07, 6.45) is 0. The molecule has 2 nitrogen and oxygen atoms in total. The van der Waals surface area contributed by atoms with Crippen LogP contribution in [0.15, 0.2) is 52.3 Å². The number of hydrogen-bond donors (Lipinski definition) is 1. The van der Waals surface area contributed by atoms with Crippen LogP contribution in [0.1, 0.15) is 5.56 Å². The summed E-state index contributed by atoms with van der Waals surface area (Å²) >= 11 is 7.48. The van der Waals surface area contributed by atoms with Gasteiger partial charge in [0.25, 0.3) is 0 Å². The number of hydrogen-bond acceptors (Lipinski definition) is 3. The van der Waals surface area contributed by atoms with Gasteiger partial charge >= 0.3 is 0 Å². The van der Waals surface area contributed by atoms with Crippen molar-refractivity contribution in [1.29, 1.82) is 0 Å². The Balaban J connectivity index is 2.08. The summed E-state index contributed by atoms with van der Waals surface area (Å²) in [5.74, 6) is -0.223. The zero-order valence-corrected chi connectivity index (χ0v) is 13.3. The Morgan fingerprint density at radius 1 is 1.19 bits per heavy atom. The molecule has 0 amide bonds. The first-order valence-corrected chi connectivity index (χ1v) is 7.80. The summed E-state index contributed by atoms with van der Waals surface area (Å²) in [7, 11) is 1.66. The molecule has 2 rings (SSSR count). The Morgan fingerprint density at radius 2 is 1.95 bits per heavy atom. The highest BCUT2D eigenvalue weighted by Crippen LogP contribution is 2.31. The molecule has 2 aromatic rings. The van der Waals surface area contributed by atoms with E-state index in [0.29, 0.717) is 18.2 Å². The average molecular weight is 326 g/mol. The van der Waals surface area contributed by atoms with Crippen molar-refractivity contribution >= 4 is 23.4 Å². The topological polar surface area (TPSA) is 21.3 Å². The zero-order chi connectivity index (χ0) is 15.1. The van der Waals surface area contributed by atoms with Crippen LogP contribution < -0.4 is 5.32 Å². The summed E-state index contributed by atoms with van der Waals surface area (Å²) in [4.78, 5) is 2.10. The lowest BCUT2D eigenvalue weighted by molar-refractivity contribution is 0.199. The number of ether oxygens (including phenoxy) is 1. The van der Waals surface area contributed by atoms with Gasteiger partial charge in [-0.25, -0.2) is 4.39 Å². The number of benzene rings is 2. The lowest BCUT2D eigenvalue weighted by atomic mass is 10.2. The predicted octanol–water partition coefficient (Wildman–Crippen LogP) is 4.37. The first kappa shape index (κ1) is 16.3. The fraction of sp³-hybridized carbons (Fsp3) is 0.250. The monoisotopic (exact) mass is 325 g/mol. The van der Waals surface area contributed by atoms with Crippen LogP contribution in [0.5, 0.6) is 0 Å². The molecule has 0 fully saturated rings. The Bertz CT molecular complexity index is 577. The minimum absolute atomic E-state index is 0.223. The average Bonchev–Trinajstić information content (AvgIpc) is 2.48. The first-order valence-electron chi connectivity index (χ1n) is 6.60. The van der Waals surface area contributed by atoms with Crippen LogP contribution in [0.3, 0.4) is 0 Å². The van der Waals surface area contributed by atoms with Crippen LogP contribution in [-0.4, -0.2) is 20.3 Å². The molecule has 0 saturated heterocycles. The maximum Gasteiger partial charge on any atom is 0.123 e. The van der Waals surface area contributed by atoms with Gasteiger partial charge in [0.2, 0.25) is 0 Å². The van der Waals surface area contributed by atoms with Crippen LogP contribution in [-0.2, 0) is 11.3 Å². The summed E-state index contributed by atoms with van der Waals surface area (Å²) in [5.41, 5.74) is 0.936. The second-order valence-electron chi connectivity index (χ2n) is 4.48. The summed E-state index contributed by atoms with van der Waals surface area (Å²) in [6.45, 7) is 1.98. The third-order valence-electron chi connectivity index (χ3n) is 2.86. The second-order valence-corrected chi connectivity index (χ2v) is 6.03. The van der Waals surface area contributed by atoms with Gasteiger partial charge in [0.05, 0.1) is 6.61 Å². The van der Waals surface area contributed by atoms with E-state index < -0.39 is 0 Å². The van der Waals surface area contributed by atoms with Crippen LogP contribution in [0.25, 0.3) is 0 Å². The summed E-state index contributed by atoms with van der Waals surface area (Å²) < 4.78 is 18.4. The molecule has 112 valence electrons. The van der Waals surface area contributed by atoms with E-state index in [0.717, 1.165) is 21.9 Å². The fourth-order valence-corrected chi connectivity index (χ4v) is 2.86. The van der Waals surface area contributed by atoms with Crippen molar-refractivity contribution in [3.8, 4) is 0 Å². The van der Waals surface area contributed by atoms with Crippen molar-refractivity contribution in [2.45, 2.75) is 16.3 Å². The SMILES string of the molecule is COCCNCc1cc(F)ccc1Sc1ccc(Cl)cc1. The molecule has 0 saturated carbocycles. The molecule has 0 bridgehead atoms. The van der Waals surface area contributed by atoms with Crippen molar-refractivity contribution in [3.05, 3.63) is 58.9 Å². The number of methoxy groups -OCH3 is 1.